The van der Waals surface area contributed by atoms with Crippen LogP contribution in [0.15, 0.2) is 158 Å². The van der Waals surface area contributed by atoms with Crippen LogP contribution in [0.1, 0.15) is 31.0 Å². The van der Waals surface area contributed by atoms with Crippen LogP contribution in [0.3, 0.4) is 0 Å². The minimum atomic E-state index is -0.672. The number of halogens is 2. The molecule has 0 N–H and O–H groups in total. The molecule has 2 nitrogen and oxygen atoms in total. The van der Waals surface area contributed by atoms with Gasteiger partial charge in [-0.1, -0.05) is 0 Å². The number of nitrogens with zero attached hydrogens (tertiary/aromatic N) is 2. The predicted molar refractivity (Wildman–Crippen MR) is 181 cm³/mol. The molecule has 5 heteroatoms. The molecule has 2 heterocycles. The average molecular weight is 679 g/mol. The Balaban J connectivity index is 0.00000162. The quantitative estimate of drug-likeness (QED) is 0.243. The Morgan fingerprint density at radius 2 is 0.745 bits per heavy atom. The van der Waals surface area contributed by atoms with Crippen molar-refractivity contribution in [3.63, 3.8) is 0 Å². The molecule has 2 aromatic heterocycles. The van der Waals surface area contributed by atoms with Gasteiger partial charge in [-0.05, 0) is 0 Å². The molecule has 8 aromatic rings. The van der Waals surface area contributed by atoms with Crippen LogP contribution in [0, 0.1) is 0 Å². The SMILES string of the molecule is [Cl-].[Cl-].c1ccc(-n2c3c(c4ccccc42)-c2ccccc2[CH]3[Ti+2][CH]2c3ccccc3-c3c2n(-c2ccccc2)c2ccccc32)cc1. The molecule has 47 heavy (non-hydrogen) atoms. The van der Waals surface area contributed by atoms with Crippen molar-refractivity contribution in [1.29, 1.82) is 0 Å². The third kappa shape index (κ3) is 4.29. The summed E-state index contributed by atoms with van der Waals surface area (Å²) in [6, 6.07) is 58.4. The second kappa shape index (κ2) is 11.7. The van der Waals surface area contributed by atoms with Crippen LogP contribution in [-0.2, 0) is 19.2 Å². The summed E-state index contributed by atoms with van der Waals surface area (Å²) in [6.45, 7) is 0. The first kappa shape index (κ1) is 30.1. The van der Waals surface area contributed by atoms with Crippen molar-refractivity contribution in [2.24, 2.45) is 0 Å². The molecule has 0 radical (unpaired) electrons. The zero-order valence-electron chi connectivity index (χ0n) is 25.3. The van der Waals surface area contributed by atoms with Gasteiger partial charge in [0.25, 0.3) is 0 Å². The van der Waals surface area contributed by atoms with Crippen molar-refractivity contribution in [3.8, 4) is 33.6 Å². The van der Waals surface area contributed by atoms with Gasteiger partial charge in [-0.3, -0.25) is 0 Å². The second-order valence-corrected chi connectivity index (χ2v) is 14.4. The van der Waals surface area contributed by atoms with Crippen LogP contribution < -0.4 is 24.8 Å². The van der Waals surface area contributed by atoms with E-state index in [-0.39, 0.29) is 24.8 Å². The van der Waals surface area contributed by atoms with E-state index in [0.29, 0.717) is 8.45 Å². The summed E-state index contributed by atoms with van der Waals surface area (Å²) in [6.07, 6.45) is 0. The second-order valence-electron chi connectivity index (χ2n) is 12.1. The number of rotatable bonds is 4. The molecule has 0 fully saturated rings. The maximum atomic E-state index is 2.58. The monoisotopic (exact) mass is 678 g/mol. The van der Waals surface area contributed by atoms with Crippen LogP contribution in [0.25, 0.3) is 55.4 Å². The Hall–Kier alpha value is -4.31. The molecule has 2 unspecified atom stereocenters. The van der Waals surface area contributed by atoms with Crippen molar-refractivity contribution in [2.45, 2.75) is 8.45 Å². The number of benzene rings is 6. The summed E-state index contributed by atoms with van der Waals surface area (Å²) in [7, 11) is 0. The Kier molecular flexibility index (Phi) is 7.51. The van der Waals surface area contributed by atoms with Crippen LogP contribution in [-0.4, -0.2) is 9.13 Å². The van der Waals surface area contributed by atoms with E-state index in [1.54, 1.807) is 0 Å². The van der Waals surface area contributed by atoms with Gasteiger partial charge in [0.2, 0.25) is 0 Å². The normalized spacial score (nSPS) is 15.2. The molecule has 0 spiro atoms. The van der Waals surface area contributed by atoms with Gasteiger partial charge in [-0.2, -0.15) is 0 Å². The van der Waals surface area contributed by atoms with E-state index in [9.17, 15) is 0 Å². The van der Waals surface area contributed by atoms with Gasteiger partial charge >= 0.3 is 272 Å². The van der Waals surface area contributed by atoms with Gasteiger partial charge in [0.1, 0.15) is 0 Å². The van der Waals surface area contributed by atoms with E-state index in [1.165, 1.54) is 77.9 Å². The predicted octanol–water partition coefficient (Wildman–Crippen LogP) is 4.50. The fourth-order valence-electron chi connectivity index (χ4n) is 8.09. The summed E-state index contributed by atoms with van der Waals surface area (Å²) in [5.74, 6) is 0. The number of hydrogen-bond acceptors (Lipinski definition) is 0. The van der Waals surface area contributed by atoms with Crippen LogP contribution in [0.2, 0.25) is 0 Å². The van der Waals surface area contributed by atoms with E-state index < -0.39 is 19.2 Å². The molecular weight excluding hydrogens is 651 g/mol. The fourth-order valence-corrected chi connectivity index (χ4v) is 11.3. The van der Waals surface area contributed by atoms with Gasteiger partial charge in [0, 0.05) is 0 Å². The van der Waals surface area contributed by atoms with Crippen molar-refractivity contribution in [1.82, 2.24) is 9.13 Å². The minimum absolute atomic E-state index is 0. The first-order valence-corrected chi connectivity index (χ1v) is 17.5. The number of hydrogen-bond donors (Lipinski definition) is 0. The first-order valence-electron chi connectivity index (χ1n) is 15.7. The summed E-state index contributed by atoms with van der Waals surface area (Å²) in [5.41, 5.74) is 16.7. The van der Waals surface area contributed by atoms with Crippen molar-refractivity contribution >= 4 is 21.8 Å². The Labute approximate surface area is 295 Å². The van der Waals surface area contributed by atoms with Gasteiger partial charge in [0.15, 0.2) is 0 Å². The van der Waals surface area contributed by atoms with E-state index in [0.717, 1.165) is 0 Å². The van der Waals surface area contributed by atoms with Crippen molar-refractivity contribution in [3.05, 3.63) is 180 Å². The van der Waals surface area contributed by atoms with Gasteiger partial charge in [0.05, 0.1) is 0 Å². The van der Waals surface area contributed by atoms with E-state index in [2.05, 4.69) is 167 Å². The molecule has 2 aliphatic rings. The fraction of sp³-hybridized carbons (Fsp3) is 0.0476. The van der Waals surface area contributed by atoms with Gasteiger partial charge < -0.3 is 24.8 Å². The average Bonchev–Trinajstić information content (AvgIpc) is 3.81. The number of para-hydroxylation sites is 4. The molecule has 0 bridgehead atoms. The molecule has 224 valence electrons. The molecule has 0 saturated heterocycles. The van der Waals surface area contributed by atoms with Gasteiger partial charge in [-0.25, -0.2) is 0 Å². The first-order chi connectivity index (χ1) is 22.4. The van der Waals surface area contributed by atoms with Gasteiger partial charge in [-0.15, -0.1) is 0 Å². The molecule has 6 aromatic carbocycles. The van der Waals surface area contributed by atoms with Crippen LogP contribution in [0.4, 0.5) is 0 Å². The van der Waals surface area contributed by atoms with Crippen LogP contribution >= 0.6 is 0 Å². The van der Waals surface area contributed by atoms with Crippen molar-refractivity contribution in [2.75, 3.05) is 0 Å². The zero-order chi connectivity index (χ0) is 29.5. The Morgan fingerprint density at radius 3 is 1.19 bits per heavy atom. The third-order valence-electron chi connectivity index (χ3n) is 9.81. The molecule has 2 aliphatic carbocycles. The summed E-state index contributed by atoms with van der Waals surface area (Å²) in [4.78, 5) is 0. The standard InChI is InChI=1S/2C21H14N.2ClH.Ti/c2*1-2-9-16(10-3-1)22-19-13-7-6-12-18(19)21-17-11-5-4-8-15(17)14-20(21)22;;;/h2*1-14H;2*1H;/q;;;;+2/p-2. The zero-order valence-corrected chi connectivity index (χ0v) is 28.4. The molecular formula is C42H28Cl2N2Ti. The topological polar surface area (TPSA) is 9.86 Å². The van der Waals surface area contributed by atoms with E-state index >= 15 is 0 Å². The molecule has 2 atom stereocenters. The number of aromatic nitrogens is 2. The Morgan fingerprint density at radius 1 is 0.383 bits per heavy atom. The summed E-state index contributed by atoms with van der Waals surface area (Å²) >= 11 is -0.672. The molecule has 10 rings (SSSR count). The maximum absolute atomic E-state index is 2.58. The molecule has 0 aliphatic heterocycles. The van der Waals surface area contributed by atoms with E-state index in [1.807, 2.05) is 0 Å². The van der Waals surface area contributed by atoms with E-state index in [4.69, 9.17) is 0 Å². The molecule has 0 amide bonds. The Bertz CT molecular complexity index is 2230. The summed E-state index contributed by atoms with van der Waals surface area (Å²) < 4.78 is 5.87. The molecule has 0 saturated carbocycles. The number of fused-ring (bicyclic) bond motifs is 10. The van der Waals surface area contributed by atoms with Crippen LogP contribution in [0.5, 0.6) is 0 Å². The third-order valence-corrected chi connectivity index (χ3v) is 12.7. The summed E-state index contributed by atoms with van der Waals surface area (Å²) in [5, 5.41) is 2.70. The van der Waals surface area contributed by atoms with Crippen molar-refractivity contribution < 1.29 is 44.0 Å².